The van der Waals surface area contributed by atoms with Gasteiger partial charge in [-0.2, -0.15) is 0 Å². The number of nitrogens with one attached hydrogen (secondary N) is 2. The average molecular weight is 323 g/mol. The summed E-state index contributed by atoms with van der Waals surface area (Å²) in [6.45, 7) is 3.50. The summed E-state index contributed by atoms with van der Waals surface area (Å²) < 4.78 is 0. The van der Waals surface area contributed by atoms with E-state index in [2.05, 4.69) is 10.6 Å². The number of carbonyl (C=O) groups excluding carboxylic acids is 1. The Labute approximate surface area is 134 Å². The van der Waals surface area contributed by atoms with E-state index >= 15 is 0 Å². The van der Waals surface area contributed by atoms with Crippen molar-refractivity contribution < 1.29 is 4.79 Å². The van der Waals surface area contributed by atoms with Crippen molar-refractivity contribution in [3.05, 3.63) is 58.1 Å². The third kappa shape index (κ3) is 4.13. The first-order valence-corrected chi connectivity index (χ1v) is 7.31. The molecule has 0 saturated carbocycles. The minimum Gasteiger partial charge on any atom is -0.377 e. The van der Waals surface area contributed by atoms with Gasteiger partial charge in [0.2, 0.25) is 5.91 Å². The quantitative estimate of drug-likeness (QED) is 0.819. The van der Waals surface area contributed by atoms with E-state index in [9.17, 15) is 4.79 Å². The maximum atomic E-state index is 11.1. The van der Waals surface area contributed by atoms with Crippen molar-refractivity contribution in [1.29, 1.82) is 0 Å². The molecule has 5 heteroatoms. The van der Waals surface area contributed by atoms with Crippen LogP contribution in [0.1, 0.15) is 25.5 Å². The second-order valence-electron chi connectivity index (χ2n) is 4.77. The molecule has 0 aromatic heterocycles. The van der Waals surface area contributed by atoms with E-state index in [0.717, 1.165) is 16.9 Å². The van der Waals surface area contributed by atoms with Gasteiger partial charge in [0.05, 0.1) is 15.7 Å². The van der Waals surface area contributed by atoms with Crippen LogP contribution in [0, 0.1) is 0 Å². The van der Waals surface area contributed by atoms with E-state index in [1.807, 2.05) is 43.3 Å². The van der Waals surface area contributed by atoms with Crippen LogP contribution in [-0.4, -0.2) is 5.91 Å². The molecule has 21 heavy (non-hydrogen) atoms. The summed E-state index contributed by atoms with van der Waals surface area (Å²) in [4.78, 5) is 11.1. The lowest BCUT2D eigenvalue weighted by atomic mass is 10.1. The molecule has 110 valence electrons. The molecule has 0 saturated heterocycles. The largest absolute Gasteiger partial charge is 0.377 e. The van der Waals surface area contributed by atoms with Gasteiger partial charge in [0, 0.05) is 18.7 Å². The fourth-order valence-electron chi connectivity index (χ4n) is 2.02. The molecule has 0 heterocycles. The van der Waals surface area contributed by atoms with E-state index in [0.29, 0.717) is 10.0 Å². The van der Waals surface area contributed by atoms with Crippen molar-refractivity contribution in [3.63, 3.8) is 0 Å². The number of amides is 1. The molecule has 1 atom stereocenters. The van der Waals surface area contributed by atoms with Crippen molar-refractivity contribution >= 4 is 40.5 Å². The Kier molecular flexibility index (Phi) is 5.10. The Bertz CT molecular complexity index is 658. The molecule has 2 rings (SSSR count). The van der Waals surface area contributed by atoms with E-state index in [1.54, 1.807) is 6.07 Å². The van der Waals surface area contributed by atoms with Crippen LogP contribution < -0.4 is 10.6 Å². The molecule has 2 aromatic rings. The third-order valence-corrected chi connectivity index (χ3v) is 3.85. The van der Waals surface area contributed by atoms with Crippen LogP contribution >= 0.6 is 23.2 Å². The summed E-state index contributed by atoms with van der Waals surface area (Å²) in [5.74, 6) is -0.0920. The molecular formula is C16H16Cl2N2O. The highest BCUT2D eigenvalue weighted by molar-refractivity contribution is 6.43. The van der Waals surface area contributed by atoms with Gasteiger partial charge in [-0.3, -0.25) is 4.79 Å². The van der Waals surface area contributed by atoms with Crippen LogP contribution in [0.3, 0.4) is 0 Å². The Hall–Kier alpha value is -1.71. The number of halogens is 2. The highest BCUT2D eigenvalue weighted by Crippen LogP contribution is 2.32. The lowest BCUT2D eigenvalue weighted by molar-refractivity contribution is -0.114. The van der Waals surface area contributed by atoms with Gasteiger partial charge in [0.25, 0.3) is 0 Å². The minimum atomic E-state index is -0.0920. The smallest absolute Gasteiger partial charge is 0.221 e. The zero-order valence-corrected chi connectivity index (χ0v) is 13.3. The number of rotatable bonds is 4. The third-order valence-electron chi connectivity index (χ3n) is 3.03. The molecule has 0 fully saturated rings. The molecule has 0 aliphatic carbocycles. The monoisotopic (exact) mass is 322 g/mol. The number of carbonyl (C=O) groups is 1. The molecule has 1 amide bonds. The maximum Gasteiger partial charge on any atom is 0.221 e. The molecule has 0 bridgehead atoms. The molecule has 3 nitrogen and oxygen atoms in total. The normalized spacial score (nSPS) is 11.8. The van der Waals surface area contributed by atoms with Gasteiger partial charge < -0.3 is 10.6 Å². The summed E-state index contributed by atoms with van der Waals surface area (Å²) in [6.07, 6.45) is 0. The highest BCUT2D eigenvalue weighted by Gasteiger charge is 2.10. The molecule has 0 radical (unpaired) electrons. The first-order valence-electron chi connectivity index (χ1n) is 6.55. The van der Waals surface area contributed by atoms with E-state index in [-0.39, 0.29) is 11.9 Å². The Morgan fingerprint density at radius 2 is 1.86 bits per heavy atom. The number of hydrogen-bond acceptors (Lipinski definition) is 2. The first-order chi connectivity index (χ1) is 9.97. The lowest BCUT2D eigenvalue weighted by Crippen LogP contribution is -2.09. The maximum absolute atomic E-state index is 11.1. The number of anilines is 2. The van der Waals surface area contributed by atoms with Gasteiger partial charge in [-0.05, 0) is 36.8 Å². The Morgan fingerprint density at radius 1 is 1.14 bits per heavy atom. The van der Waals surface area contributed by atoms with Gasteiger partial charge in [-0.1, -0.05) is 41.4 Å². The summed E-state index contributed by atoms with van der Waals surface area (Å²) >= 11 is 12.2. The van der Waals surface area contributed by atoms with E-state index in [4.69, 9.17) is 23.2 Å². The standard InChI is InChI=1S/C16H16Cl2N2O/c1-10(19-15-8-4-7-14(17)16(15)18)12-5-3-6-13(9-12)20-11(2)21/h3-10,19H,1-2H3,(H,20,21). The summed E-state index contributed by atoms with van der Waals surface area (Å²) in [5.41, 5.74) is 2.59. The van der Waals surface area contributed by atoms with Crippen molar-refractivity contribution in [3.8, 4) is 0 Å². The van der Waals surface area contributed by atoms with Crippen LogP contribution in [0.4, 0.5) is 11.4 Å². The number of hydrogen-bond donors (Lipinski definition) is 2. The summed E-state index contributed by atoms with van der Waals surface area (Å²) in [6, 6.07) is 13.2. The lowest BCUT2D eigenvalue weighted by Gasteiger charge is -2.18. The molecule has 2 N–H and O–H groups in total. The van der Waals surface area contributed by atoms with Crippen LogP contribution in [0.5, 0.6) is 0 Å². The van der Waals surface area contributed by atoms with Gasteiger partial charge >= 0.3 is 0 Å². The predicted octanol–water partition coefficient (Wildman–Crippen LogP) is 5.12. The molecule has 0 aliphatic rings. The first kappa shape index (κ1) is 15.7. The van der Waals surface area contributed by atoms with E-state index in [1.165, 1.54) is 6.92 Å². The average Bonchev–Trinajstić information content (AvgIpc) is 2.43. The van der Waals surface area contributed by atoms with Crippen LogP contribution in [0.15, 0.2) is 42.5 Å². The van der Waals surface area contributed by atoms with Gasteiger partial charge in [-0.25, -0.2) is 0 Å². The predicted molar refractivity (Wildman–Crippen MR) is 89.2 cm³/mol. The van der Waals surface area contributed by atoms with Crippen LogP contribution in [0.25, 0.3) is 0 Å². The minimum absolute atomic E-state index is 0.0228. The SMILES string of the molecule is CC(=O)Nc1cccc(C(C)Nc2cccc(Cl)c2Cl)c1. The molecule has 0 spiro atoms. The van der Waals surface area contributed by atoms with Crippen molar-refractivity contribution in [2.24, 2.45) is 0 Å². The van der Waals surface area contributed by atoms with Crippen molar-refractivity contribution in [1.82, 2.24) is 0 Å². The van der Waals surface area contributed by atoms with Crippen LogP contribution in [0.2, 0.25) is 10.0 Å². The fourth-order valence-corrected chi connectivity index (χ4v) is 2.38. The molecule has 2 aromatic carbocycles. The number of benzene rings is 2. The van der Waals surface area contributed by atoms with Crippen molar-refractivity contribution in [2.75, 3.05) is 10.6 Å². The zero-order chi connectivity index (χ0) is 15.4. The Morgan fingerprint density at radius 3 is 2.57 bits per heavy atom. The van der Waals surface area contributed by atoms with Gasteiger partial charge in [-0.15, -0.1) is 0 Å². The summed E-state index contributed by atoms with van der Waals surface area (Å²) in [5, 5.41) is 7.11. The molecule has 0 aliphatic heterocycles. The highest BCUT2D eigenvalue weighted by atomic mass is 35.5. The topological polar surface area (TPSA) is 41.1 Å². The Balaban J connectivity index is 2.18. The second-order valence-corrected chi connectivity index (χ2v) is 5.56. The second kappa shape index (κ2) is 6.83. The van der Waals surface area contributed by atoms with Gasteiger partial charge in [0.1, 0.15) is 0 Å². The molecule has 1 unspecified atom stereocenters. The zero-order valence-electron chi connectivity index (χ0n) is 11.8. The van der Waals surface area contributed by atoms with Crippen molar-refractivity contribution in [2.45, 2.75) is 19.9 Å². The van der Waals surface area contributed by atoms with E-state index < -0.39 is 0 Å². The van der Waals surface area contributed by atoms with Crippen LogP contribution in [-0.2, 0) is 4.79 Å². The fraction of sp³-hybridized carbons (Fsp3) is 0.188. The summed E-state index contributed by atoms with van der Waals surface area (Å²) in [7, 11) is 0. The molecular weight excluding hydrogens is 307 g/mol. The van der Waals surface area contributed by atoms with Gasteiger partial charge in [0.15, 0.2) is 0 Å².